The quantitative estimate of drug-likeness (QED) is 0.581. The van der Waals surface area contributed by atoms with Crippen LogP contribution < -0.4 is 10.6 Å². The van der Waals surface area contributed by atoms with Crippen molar-refractivity contribution in [2.24, 2.45) is 0 Å². The Morgan fingerprint density at radius 1 is 1.32 bits per heavy atom. The highest BCUT2D eigenvalue weighted by atomic mass is 16.5. The third-order valence-corrected chi connectivity index (χ3v) is 2.27. The second kappa shape index (κ2) is 7.84. The first-order valence-corrected chi connectivity index (χ1v) is 5.72. The Balaban J connectivity index is 2.47. The molecule has 1 aromatic carbocycles. The summed E-state index contributed by atoms with van der Waals surface area (Å²) in [6, 6.07) is 8.57. The van der Waals surface area contributed by atoms with Gasteiger partial charge in [-0.3, -0.25) is 9.59 Å². The topological polar surface area (TPSA) is 91.2 Å². The Labute approximate surface area is 111 Å². The molecular weight excluding hydrogens is 246 g/mol. The summed E-state index contributed by atoms with van der Waals surface area (Å²) in [7, 11) is 1.53. The SMILES string of the molecule is COCCNC(=O)CC(=O)Nc1ccccc1C#N. The van der Waals surface area contributed by atoms with Crippen molar-refractivity contribution in [3.05, 3.63) is 29.8 Å². The van der Waals surface area contributed by atoms with E-state index in [0.29, 0.717) is 24.4 Å². The van der Waals surface area contributed by atoms with E-state index in [9.17, 15) is 9.59 Å². The van der Waals surface area contributed by atoms with Gasteiger partial charge in [-0.05, 0) is 12.1 Å². The normalized spacial score (nSPS) is 9.47. The zero-order valence-corrected chi connectivity index (χ0v) is 10.6. The predicted octanol–water partition coefficient (Wildman–Crippen LogP) is 0.649. The maximum Gasteiger partial charge on any atom is 0.233 e. The number of nitriles is 1. The van der Waals surface area contributed by atoms with Gasteiger partial charge in [-0.1, -0.05) is 12.1 Å². The number of benzene rings is 1. The average Bonchev–Trinajstić information content (AvgIpc) is 2.39. The second-order valence-electron chi connectivity index (χ2n) is 3.73. The molecule has 0 aliphatic heterocycles. The van der Waals surface area contributed by atoms with E-state index in [1.807, 2.05) is 6.07 Å². The fourth-order valence-electron chi connectivity index (χ4n) is 1.38. The fourth-order valence-corrected chi connectivity index (χ4v) is 1.38. The molecule has 100 valence electrons. The second-order valence-corrected chi connectivity index (χ2v) is 3.73. The summed E-state index contributed by atoms with van der Waals surface area (Å²) >= 11 is 0. The van der Waals surface area contributed by atoms with Crippen LogP contribution in [0.3, 0.4) is 0 Å². The predicted molar refractivity (Wildman–Crippen MR) is 69.3 cm³/mol. The van der Waals surface area contributed by atoms with Crippen LogP contribution in [0.2, 0.25) is 0 Å². The first kappa shape index (κ1) is 14.7. The summed E-state index contributed by atoms with van der Waals surface area (Å²) < 4.78 is 4.77. The van der Waals surface area contributed by atoms with Crippen LogP contribution >= 0.6 is 0 Å². The number of carbonyl (C=O) groups excluding carboxylic acids is 2. The van der Waals surface area contributed by atoms with Gasteiger partial charge in [0.25, 0.3) is 0 Å². The third kappa shape index (κ3) is 5.19. The number of ether oxygens (including phenoxy) is 1. The van der Waals surface area contributed by atoms with Gasteiger partial charge in [0, 0.05) is 13.7 Å². The Hall–Kier alpha value is -2.39. The molecule has 1 aromatic rings. The Bertz CT molecular complexity index is 494. The summed E-state index contributed by atoms with van der Waals surface area (Å²) in [5.74, 6) is -0.846. The number of amides is 2. The van der Waals surface area contributed by atoms with E-state index in [1.54, 1.807) is 24.3 Å². The van der Waals surface area contributed by atoms with Gasteiger partial charge in [0.15, 0.2) is 0 Å². The minimum Gasteiger partial charge on any atom is -0.383 e. The van der Waals surface area contributed by atoms with E-state index in [-0.39, 0.29) is 12.3 Å². The van der Waals surface area contributed by atoms with Crippen molar-refractivity contribution in [1.82, 2.24) is 5.32 Å². The number of anilines is 1. The summed E-state index contributed by atoms with van der Waals surface area (Å²) in [5, 5.41) is 13.9. The molecule has 0 aromatic heterocycles. The zero-order valence-electron chi connectivity index (χ0n) is 10.6. The van der Waals surface area contributed by atoms with Gasteiger partial charge in [-0.15, -0.1) is 0 Å². The molecule has 0 aliphatic rings. The Morgan fingerprint density at radius 2 is 2.05 bits per heavy atom. The molecule has 1 rings (SSSR count). The van der Waals surface area contributed by atoms with Gasteiger partial charge in [0.2, 0.25) is 11.8 Å². The molecule has 2 amide bonds. The maximum absolute atomic E-state index is 11.6. The van der Waals surface area contributed by atoms with Crippen LogP contribution in [0.25, 0.3) is 0 Å². The van der Waals surface area contributed by atoms with Crippen LogP contribution in [0.4, 0.5) is 5.69 Å². The van der Waals surface area contributed by atoms with Gasteiger partial charge in [0.05, 0.1) is 17.9 Å². The first-order valence-electron chi connectivity index (χ1n) is 5.72. The van der Waals surface area contributed by atoms with Gasteiger partial charge in [0.1, 0.15) is 12.5 Å². The molecule has 6 nitrogen and oxygen atoms in total. The van der Waals surface area contributed by atoms with Crippen molar-refractivity contribution in [3.8, 4) is 6.07 Å². The summed E-state index contributed by atoms with van der Waals surface area (Å²) in [6.45, 7) is 0.752. The van der Waals surface area contributed by atoms with E-state index < -0.39 is 5.91 Å². The van der Waals surface area contributed by atoms with Crippen molar-refractivity contribution in [3.63, 3.8) is 0 Å². The number of nitrogens with zero attached hydrogens (tertiary/aromatic N) is 1. The number of carbonyl (C=O) groups is 2. The molecule has 6 heteroatoms. The third-order valence-electron chi connectivity index (χ3n) is 2.27. The van der Waals surface area contributed by atoms with Crippen LogP contribution in [-0.4, -0.2) is 32.1 Å². The van der Waals surface area contributed by atoms with Crippen LogP contribution in [0.1, 0.15) is 12.0 Å². The van der Waals surface area contributed by atoms with Crippen molar-refractivity contribution in [2.45, 2.75) is 6.42 Å². The highest BCUT2D eigenvalue weighted by Gasteiger charge is 2.10. The number of methoxy groups -OCH3 is 1. The zero-order chi connectivity index (χ0) is 14.1. The van der Waals surface area contributed by atoms with Crippen LogP contribution in [-0.2, 0) is 14.3 Å². The number of rotatable bonds is 6. The number of hydrogen-bond acceptors (Lipinski definition) is 4. The minimum atomic E-state index is -0.461. The lowest BCUT2D eigenvalue weighted by molar-refractivity contribution is -0.126. The molecule has 0 fully saturated rings. The van der Waals surface area contributed by atoms with Crippen LogP contribution in [0, 0.1) is 11.3 Å². The fraction of sp³-hybridized carbons (Fsp3) is 0.308. The monoisotopic (exact) mass is 261 g/mol. The van der Waals surface area contributed by atoms with Gasteiger partial charge in [-0.25, -0.2) is 0 Å². The number of para-hydroxylation sites is 1. The molecular formula is C13H15N3O3. The average molecular weight is 261 g/mol. The summed E-state index contributed by atoms with van der Waals surface area (Å²) in [4.78, 5) is 23.0. The maximum atomic E-state index is 11.6. The molecule has 0 spiro atoms. The molecule has 0 heterocycles. The van der Waals surface area contributed by atoms with Gasteiger partial charge >= 0.3 is 0 Å². The molecule has 0 saturated carbocycles. The number of nitrogens with one attached hydrogen (secondary N) is 2. The number of hydrogen-bond donors (Lipinski definition) is 2. The van der Waals surface area contributed by atoms with Crippen molar-refractivity contribution in [2.75, 3.05) is 25.6 Å². The van der Waals surface area contributed by atoms with E-state index in [4.69, 9.17) is 10.00 Å². The van der Waals surface area contributed by atoms with E-state index in [1.165, 1.54) is 7.11 Å². The van der Waals surface area contributed by atoms with Gasteiger partial charge in [-0.2, -0.15) is 5.26 Å². The molecule has 2 N–H and O–H groups in total. The van der Waals surface area contributed by atoms with Crippen molar-refractivity contribution in [1.29, 1.82) is 5.26 Å². The standard InChI is InChI=1S/C13H15N3O3/c1-19-7-6-15-12(17)8-13(18)16-11-5-3-2-4-10(11)9-14/h2-5H,6-8H2,1H3,(H,15,17)(H,16,18). The van der Waals surface area contributed by atoms with E-state index >= 15 is 0 Å². The Morgan fingerprint density at radius 3 is 2.74 bits per heavy atom. The first-order chi connectivity index (χ1) is 9.17. The summed E-state index contributed by atoms with van der Waals surface area (Å²) in [6.07, 6.45) is -0.288. The lowest BCUT2D eigenvalue weighted by atomic mass is 10.2. The smallest absolute Gasteiger partial charge is 0.233 e. The van der Waals surface area contributed by atoms with E-state index in [2.05, 4.69) is 10.6 Å². The van der Waals surface area contributed by atoms with Crippen LogP contribution in [0.15, 0.2) is 24.3 Å². The lowest BCUT2D eigenvalue weighted by Crippen LogP contribution is -2.30. The highest BCUT2D eigenvalue weighted by Crippen LogP contribution is 2.13. The molecule has 0 radical (unpaired) electrons. The van der Waals surface area contributed by atoms with Gasteiger partial charge < -0.3 is 15.4 Å². The Kier molecular flexibility index (Phi) is 6.06. The van der Waals surface area contributed by atoms with Crippen molar-refractivity contribution < 1.29 is 14.3 Å². The molecule has 19 heavy (non-hydrogen) atoms. The molecule has 0 unspecified atom stereocenters. The highest BCUT2D eigenvalue weighted by molar-refractivity contribution is 6.04. The molecule has 0 bridgehead atoms. The largest absolute Gasteiger partial charge is 0.383 e. The lowest BCUT2D eigenvalue weighted by Gasteiger charge is -2.07. The molecule has 0 aliphatic carbocycles. The minimum absolute atomic E-state index is 0.288. The molecule has 0 atom stereocenters. The summed E-state index contributed by atoms with van der Waals surface area (Å²) in [5.41, 5.74) is 0.760. The van der Waals surface area contributed by atoms with Crippen molar-refractivity contribution >= 4 is 17.5 Å². The molecule has 0 saturated heterocycles. The van der Waals surface area contributed by atoms with Crippen LogP contribution in [0.5, 0.6) is 0 Å². The van der Waals surface area contributed by atoms with E-state index in [0.717, 1.165) is 0 Å².